The Morgan fingerprint density at radius 1 is 0.448 bits per heavy atom. The van der Waals surface area contributed by atoms with Gasteiger partial charge < -0.3 is 39.4 Å². The summed E-state index contributed by atoms with van der Waals surface area (Å²) in [5.74, 6) is 5.19. The van der Waals surface area contributed by atoms with Gasteiger partial charge in [-0.15, -0.1) is 0 Å². The molecule has 5 N–H and O–H groups in total. The Balaban J connectivity index is 0.00000169. The fourth-order valence-electron chi connectivity index (χ4n) is 19.4. The van der Waals surface area contributed by atoms with E-state index in [1.807, 2.05) is 38.1 Å². The minimum absolute atomic E-state index is 0.0781. The van der Waals surface area contributed by atoms with Crippen LogP contribution in [-0.4, -0.2) is 108 Å². The second-order valence-corrected chi connectivity index (χ2v) is 43.3. The van der Waals surface area contributed by atoms with Gasteiger partial charge in [-0.3, -0.25) is 24.2 Å². The summed E-state index contributed by atoms with van der Waals surface area (Å²) in [5, 5.41) is 49.1. The van der Waals surface area contributed by atoms with Gasteiger partial charge in [-0.25, -0.2) is 0 Å². The topological polar surface area (TPSA) is 244 Å². The maximum absolute atomic E-state index is 13.6. The number of aliphatic carboxylic acids is 2. The summed E-state index contributed by atoms with van der Waals surface area (Å²) in [4.78, 5) is 50.4. The zero-order valence-corrected chi connectivity index (χ0v) is 79.9. The third kappa shape index (κ3) is 51.7. The van der Waals surface area contributed by atoms with Gasteiger partial charge in [-0.05, 0) is 211 Å². The van der Waals surface area contributed by atoms with E-state index in [9.17, 15) is 34.5 Å². The molecule has 0 bridgehead atoms. The standard InChI is InChI=1S/C45H84O5.C27H52O3Si.C20H36O4.C5H5N.Cl2O2S/c1-11-18-19-20-21-24-27-40-41(28-25-22-23-26-29-44(47)49-33(8)9)43(32-42(40)46)50-45(48)31-30-35(13-3)37(15-5)39(17-7)38(16-6)36(14-4)34(10)12-2;1-6-10-11-12-13-17-20-25-24(19-16-14-15-18-21-27(28)29)23(5)22-26(25)30-31(7-2,8-3)9-4;1-2-3-4-5-6-9-12-16-17(19(22)15-18(16)21)13-10-7-8-11-14-20(23)24;1-2-4-6-5-3-1;1-5(2,3)4/h22,25,33-43,46H,11-21,23-24,26-32H2,1-10H3;14,16,23-26H,6-13,15,17-22H2,1-5H3,(H,28,29);7,10,16-19,21-22H,2-6,8-9,11-15H2,1H3,(H,23,24);1-5H;/b25-22-;16-14-;10-7-;;/t34?,35?,36?,37?,38?,39?,40-,41-,42-,43+;23-,24-,25+,26+;16-,17-,18-,19+;;/m101../s1. The van der Waals surface area contributed by atoms with Crippen molar-refractivity contribution in [1.82, 2.24) is 4.98 Å². The van der Waals surface area contributed by atoms with Crippen molar-refractivity contribution in [2.24, 2.45) is 76.9 Å². The molecule has 1 aromatic heterocycles. The highest BCUT2D eigenvalue weighted by Gasteiger charge is 2.46. The highest BCUT2D eigenvalue weighted by atomic mass is 36.0. The second kappa shape index (κ2) is 70.3. The lowest BCUT2D eigenvalue weighted by Gasteiger charge is -2.42. The van der Waals surface area contributed by atoms with Crippen molar-refractivity contribution >= 4 is 61.8 Å². The molecule has 3 saturated carbocycles. The summed E-state index contributed by atoms with van der Waals surface area (Å²) in [6.45, 7) is 36.6. The molecule has 0 saturated heterocycles. The van der Waals surface area contributed by atoms with Crippen LogP contribution < -0.4 is 0 Å². The molecule has 1 heterocycles. The highest BCUT2D eigenvalue weighted by molar-refractivity contribution is 8.31. The van der Waals surface area contributed by atoms with Crippen molar-refractivity contribution in [2.45, 2.75) is 448 Å². The smallest absolute Gasteiger partial charge is 0.317 e. The maximum Gasteiger partial charge on any atom is 0.317 e. The molecule has 3 fully saturated rings. The molecule has 0 spiro atoms. The number of carboxylic acid groups (broad SMARTS) is 2. The predicted octanol–water partition coefficient (Wildman–Crippen LogP) is 27.4. The lowest BCUT2D eigenvalue weighted by atomic mass is 9.63. The van der Waals surface area contributed by atoms with Gasteiger partial charge in [0.1, 0.15) is 6.10 Å². The average Bonchev–Trinajstić information content (AvgIpc) is 1.72. The number of halogens is 2. The van der Waals surface area contributed by atoms with Crippen LogP contribution in [0.25, 0.3) is 0 Å². The number of carbonyl (C=O) groups excluding carboxylic acids is 2. The Kier molecular flexibility index (Phi) is 68.3. The number of hydrogen-bond acceptors (Lipinski definition) is 13. The monoisotopic (exact) mass is 1710 g/mol. The van der Waals surface area contributed by atoms with E-state index in [1.54, 1.807) is 12.4 Å². The van der Waals surface area contributed by atoms with Crippen molar-refractivity contribution in [3.8, 4) is 0 Å². The number of carboxylic acids is 2. The first kappa shape index (κ1) is 113. The van der Waals surface area contributed by atoms with Crippen LogP contribution in [0.3, 0.4) is 0 Å². The molecule has 116 heavy (non-hydrogen) atoms. The molecule has 0 aromatic carbocycles. The minimum Gasteiger partial charge on any atom is -0.481 e. The number of ether oxygens (including phenoxy) is 2. The largest absolute Gasteiger partial charge is 0.481 e. The molecule has 0 radical (unpaired) electrons. The van der Waals surface area contributed by atoms with Crippen LogP contribution in [-0.2, 0) is 41.3 Å². The highest BCUT2D eigenvalue weighted by Crippen LogP contribution is 2.48. The van der Waals surface area contributed by atoms with Crippen molar-refractivity contribution in [3.63, 3.8) is 0 Å². The van der Waals surface area contributed by atoms with Gasteiger partial charge in [-0.2, -0.15) is 8.42 Å². The number of aliphatic hydroxyl groups is 3. The third-order valence-corrected chi connectivity index (χ3v) is 31.0. The molecule has 0 aliphatic heterocycles. The molecule has 0 amide bonds. The summed E-state index contributed by atoms with van der Waals surface area (Å²) in [7, 11) is 3.23. The quantitative estimate of drug-likeness (QED) is 0.0134. The van der Waals surface area contributed by atoms with Gasteiger partial charge in [0.2, 0.25) is 0 Å². The predicted molar refractivity (Wildman–Crippen MR) is 490 cm³/mol. The van der Waals surface area contributed by atoms with Gasteiger partial charge in [0, 0.05) is 77.9 Å². The van der Waals surface area contributed by atoms with Crippen LogP contribution in [0.5, 0.6) is 0 Å². The Hall–Kier alpha value is -3.16. The van der Waals surface area contributed by atoms with E-state index in [0.717, 1.165) is 114 Å². The molecular formula is C97H177Cl2NO14SSi. The van der Waals surface area contributed by atoms with Gasteiger partial charge in [-0.1, -0.05) is 294 Å². The van der Waals surface area contributed by atoms with E-state index in [-0.39, 0.29) is 66.8 Å². The van der Waals surface area contributed by atoms with E-state index >= 15 is 0 Å². The molecule has 3 aliphatic rings. The van der Waals surface area contributed by atoms with E-state index in [2.05, 4.69) is 154 Å². The van der Waals surface area contributed by atoms with Crippen LogP contribution in [0, 0.1) is 76.9 Å². The first-order chi connectivity index (χ1) is 55.5. The van der Waals surface area contributed by atoms with Crippen LogP contribution in [0.4, 0.5) is 0 Å². The van der Waals surface area contributed by atoms with E-state index in [0.29, 0.717) is 67.8 Å². The Labute approximate surface area is 721 Å². The molecule has 6 unspecified atom stereocenters. The molecule has 3 aliphatic carbocycles. The SMILES string of the molecule is CCCCCCCC[C@@H]1[C@@H](C/C=C\CCCC(=O)O)[C@@H](C)C[C@H]1O[Si](CC)(CC)CC.CCCCCCCC[C@@H]1[C@@H](C/C=C\CCCC(=O)O)[C@@H](O)C[C@H]1O.CCCCCCCC[C@@H]1[C@@H](C/C=C\CCCC(=O)OC(C)C)[C@@H](OC(=O)CCC(CC)C(CC)C(CC)C(CC)C(CC)C(C)CC)C[C@H]1O.O=S(=O)(Cl)Cl.c1ccncc1. The van der Waals surface area contributed by atoms with Crippen LogP contribution in [0.2, 0.25) is 18.1 Å². The number of pyridine rings is 1. The molecule has 15 nitrogen and oxygen atoms in total. The normalized spacial score (nSPS) is 23.0. The number of unbranched alkanes of at least 4 members (excludes halogenated alkanes) is 18. The number of aromatic nitrogens is 1. The van der Waals surface area contributed by atoms with Crippen molar-refractivity contribution < 1.29 is 67.0 Å². The number of rotatable bonds is 60. The van der Waals surface area contributed by atoms with Gasteiger partial charge in [0.25, 0.3) is 0 Å². The summed E-state index contributed by atoms with van der Waals surface area (Å²) in [6.07, 6.45) is 60.9. The summed E-state index contributed by atoms with van der Waals surface area (Å²) in [6, 6.07) is 9.43. The van der Waals surface area contributed by atoms with E-state index in [4.69, 9.17) is 32.5 Å². The minimum atomic E-state index is -3.72. The zero-order chi connectivity index (χ0) is 87.1. The summed E-state index contributed by atoms with van der Waals surface area (Å²) < 4.78 is 37.0. The first-order valence-corrected chi connectivity index (χ1v) is 53.2. The van der Waals surface area contributed by atoms with Gasteiger partial charge in [0.15, 0.2) is 8.32 Å². The molecule has 1 aromatic rings. The molecule has 678 valence electrons. The van der Waals surface area contributed by atoms with Crippen LogP contribution in [0.15, 0.2) is 67.0 Å². The Bertz CT molecular complexity index is 2710. The number of esters is 2. The fraction of sp³-hybridized carbons (Fsp3) is 0.845. The van der Waals surface area contributed by atoms with Crippen molar-refractivity contribution in [3.05, 3.63) is 67.0 Å². The Morgan fingerprint density at radius 2 is 0.853 bits per heavy atom. The first-order valence-electron chi connectivity index (χ1n) is 47.5. The Morgan fingerprint density at radius 3 is 1.26 bits per heavy atom. The van der Waals surface area contributed by atoms with Crippen molar-refractivity contribution in [1.29, 1.82) is 0 Å². The maximum atomic E-state index is 13.6. The van der Waals surface area contributed by atoms with Crippen LogP contribution in [0.1, 0.15) is 393 Å². The van der Waals surface area contributed by atoms with E-state index < -0.39 is 40.7 Å². The van der Waals surface area contributed by atoms with Crippen molar-refractivity contribution in [2.75, 3.05) is 0 Å². The summed E-state index contributed by atoms with van der Waals surface area (Å²) >= 11 is 0. The van der Waals surface area contributed by atoms with Gasteiger partial charge >= 0.3 is 32.1 Å². The van der Waals surface area contributed by atoms with E-state index in [1.165, 1.54) is 166 Å². The van der Waals surface area contributed by atoms with Crippen LogP contribution >= 0.6 is 21.4 Å². The number of hydrogen-bond donors (Lipinski definition) is 5. The molecule has 18 atom stereocenters. The molecule has 4 rings (SSSR count). The summed E-state index contributed by atoms with van der Waals surface area (Å²) in [5.41, 5.74) is 0. The fourth-order valence-corrected chi connectivity index (χ4v) is 22.4. The zero-order valence-electron chi connectivity index (χ0n) is 76.6. The number of carbonyl (C=O) groups is 4. The third-order valence-electron chi connectivity index (χ3n) is 26.4. The number of nitrogens with zero attached hydrogens (tertiary/aromatic N) is 1. The number of allylic oxidation sites excluding steroid dienone is 6. The van der Waals surface area contributed by atoms with Gasteiger partial charge in [0.05, 0.1) is 24.4 Å². The lowest BCUT2D eigenvalue weighted by Crippen LogP contribution is -2.41. The second-order valence-electron chi connectivity index (χ2n) is 34.9. The lowest BCUT2D eigenvalue weighted by molar-refractivity contribution is -0.152. The molecular weight excluding hydrogens is 1530 g/mol. The number of aliphatic hydroxyl groups excluding tert-OH is 3. The molecule has 19 heteroatoms. The average molecular weight is 1710 g/mol.